The molecule has 3 rings (SSSR count). The number of nitrogens with zero attached hydrogens (tertiary/aromatic N) is 4. The molecule has 2 heterocycles. The number of rotatable bonds is 5. The molecule has 0 unspecified atom stereocenters. The number of hydrogen-bond acceptors (Lipinski definition) is 5. The number of benzene rings is 1. The van der Waals surface area contributed by atoms with Crippen molar-refractivity contribution in [3.8, 4) is 5.75 Å². The highest BCUT2D eigenvalue weighted by Gasteiger charge is 2.27. The number of hydrogen-bond donors (Lipinski definition) is 0. The Morgan fingerprint density at radius 1 is 1.18 bits per heavy atom. The van der Waals surface area contributed by atoms with Gasteiger partial charge in [0.1, 0.15) is 12.1 Å². The zero-order chi connectivity index (χ0) is 19.9. The normalized spacial score (nSPS) is 16.9. The highest BCUT2D eigenvalue weighted by Crippen LogP contribution is 2.23. The maximum Gasteiger partial charge on any atom is 0.257 e. The Hall–Kier alpha value is -2.96. The molecule has 1 fully saturated rings. The Balaban J connectivity index is 1.69. The van der Waals surface area contributed by atoms with Gasteiger partial charge in [-0.25, -0.2) is 9.97 Å². The zero-order valence-electron chi connectivity index (χ0n) is 16.4. The van der Waals surface area contributed by atoms with Crippen molar-refractivity contribution in [2.75, 3.05) is 20.2 Å². The van der Waals surface area contributed by atoms with E-state index in [0.29, 0.717) is 30.9 Å². The van der Waals surface area contributed by atoms with Gasteiger partial charge in [-0.05, 0) is 31.4 Å². The quantitative estimate of drug-likeness (QED) is 0.794. The summed E-state index contributed by atoms with van der Waals surface area (Å²) >= 11 is 0. The lowest BCUT2D eigenvalue weighted by atomic mass is 10.1. The van der Waals surface area contributed by atoms with Gasteiger partial charge in [0.2, 0.25) is 5.91 Å². The van der Waals surface area contributed by atoms with Crippen LogP contribution in [0.3, 0.4) is 0 Å². The molecule has 0 N–H and O–H groups in total. The molecule has 1 aliphatic rings. The lowest BCUT2D eigenvalue weighted by Gasteiger charge is -2.30. The largest absolute Gasteiger partial charge is 0.496 e. The van der Waals surface area contributed by atoms with E-state index < -0.39 is 0 Å². The highest BCUT2D eigenvalue weighted by atomic mass is 16.5. The second-order valence-electron chi connectivity index (χ2n) is 6.97. The Morgan fingerprint density at radius 2 is 1.93 bits per heavy atom. The molecule has 1 saturated heterocycles. The number of amides is 2. The van der Waals surface area contributed by atoms with Crippen molar-refractivity contribution < 1.29 is 14.3 Å². The minimum atomic E-state index is -0.0241. The molecule has 148 valence electrons. The fourth-order valence-electron chi connectivity index (χ4n) is 3.69. The van der Waals surface area contributed by atoms with Crippen LogP contribution < -0.4 is 4.74 Å². The fraction of sp³-hybridized carbons (Fsp3) is 0.429. The monoisotopic (exact) mass is 382 g/mol. The molecule has 0 saturated carbocycles. The van der Waals surface area contributed by atoms with Crippen LogP contribution in [0.2, 0.25) is 0 Å². The SMILES string of the molecule is COc1ccccc1C(=O)N1CCC[C@@H](N(Cc2cncnc2)C(C)=O)CC1. The molecule has 2 amide bonds. The summed E-state index contributed by atoms with van der Waals surface area (Å²) in [5.41, 5.74) is 1.48. The van der Waals surface area contributed by atoms with E-state index in [1.54, 1.807) is 38.6 Å². The summed E-state index contributed by atoms with van der Waals surface area (Å²) in [6.07, 6.45) is 7.40. The van der Waals surface area contributed by atoms with Crippen LogP contribution in [0.1, 0.15) is 42.1 Å². The van der Waals surface area contributed by atoms with E-state index in [4.69, 9.17) is 4.74 Å². The van der Waals surface area contributed by atoms with Gasteiger partial charge in [0.15, 0.2) is 0 Å². The third-order valence-corrected chi connectivity index (χ3v) is 5.13. The summed E-state index contributed by atoms with van der Waals surface area (Å²) in [5.74, 6) is 0.588. The average Bonchev–Trinajstić information content (AvgIpc) is 2.98. The molecule has 0 aliphatic carbocycles. The van der Waals surface area contributed by atoms with Gasteiger partial charge in [0, 0.05) is 50.6 Å². The van der Waals surface area contributed by atoms with Gasteiger partial charge < -0.3 is 14.5 Å². The molecule has 0 bridgehead atoms. The van der Waals surface area contributed by atoms with Crippen molar-refractivity contribution in [2.24, 2.45) is 0 Å². The number of ether oxygens (including phenoxy) is 1. The van der Waals surface area contributed by atoms with Crippen molar-refractivity contribution in [1.82, 2.24) is 19.8 Å². The van der Waals surface area contributed by atoms with Crippen molar-refractivity contribution in [1.29, 1.82) is 0 Å². The summed E-state index contributed by atoms with van der Waals surface area (Å²) in [4.78, 5) is 37.0. The molecule has 1 atom stereocenters. The summed E-state index contributed by atoms with van der Waals surface area (Å²) in [6.45, 7) is 3.36. The van der Waals surface area contributed by atoms with Gasteiger partial charge in [-0.1, -0.05) is 12.1 Å². The molecule has 7 nitrogen and oxygen atoms in total. The van der Waals surface area contributed by atoms with E-state index in [1.165, 1.54) is 6.33 Å². The second-order valence-corrected chi connectivity index (χ2v) is 6.97. The molecular weight excluding hydrogens is 356 g/mol. The molecule has 1 aromatic carbocycles. The fourth-order valence-corrected chi connectivity index (χ4v) is 3.69. The van der Waals surface area contributed by atoms with Gasteiger partial charge in [-0.2, -0.15) is 0 Å². The van der Waals surface area contributed by atoms with Gasteiger partial charge in [0.05, 0.1) is 12.7 Å². The molecule has 7 heteroatoms. The van der Waals surface area contributed by atoms with E-state index in [-0.39, 0.29) is 17.9 Å². The van der Waals surface area contributed by atoms with Crippen LogP contribution >= 0.6 is 0 Å². The van der Waals surface area contributed by atoms with Crippen LogP contribution in [0.4, 0.5) is 0 Å². The van der Waals surface area contributed by atoms with Crippen LogP contribution in [0.5, 0.6) is 5.75 Å². The molecular formula is C21H26N4O3. The van der Waals surface area contributed by atoms with Crippen LogP contribution in [0.25, 0.3) is 0 Å². The lowest BCUT2D eigenvalue weighted by molar-refractivity contribution is -0.132. The summed E-state index contributed by atoms with van der Waals surface area (Å²) in [6, 6.07) is 7.38. The predicted octanol–water partition coefficient (Wildman–Crippen LogP) is 2.53. The number of para-hydroxylation sites is 1. The van der Waals surface area contributed by atoms with Crippen molar-refractivity contribution >= 4 is 11.8 Å². The first-order valence-corrected chi connectivity index (χ1v) is 9.53. The number of methoxy groups -OCH3 is 1. The van der Waals surface area contributed by atoms with Crippen molar-refractivity contribution in [2.45, 2.75) is 38.8 Å². The lowest BCUT2D eigenvalue weighted by Crippen LogP contribution is -2.39. The summed E-state index contributed by atoms with van der Waals surface area (Å²) < 4.78 is 5.33. The number of likely N-dealkylation sites (tertiary alicyclic amines) is 1. The van der Waals surface area contributed by atoms with Crippen LogP contribution in [-0.2, 0) is 11.3 Å². The van der Waals surface area contributed by atoms with E-state index >= 15 is 0 Å². The van der Waals surface area contributed by atoms with Crippen LogP contribution in [0.15, 0.2) is 43.0 Å². The molecule has 1 aliphatic heterocycles. The maximum atomic E-state index is 13.0. The minimum absolute atomic E-state index is 0.0241. The van der Waals surface area contributed by atoms with Crippen molar-refractivity contribution in [3.63, 3.8) is 0 Å². The Kier molecular flexibility index (Phi) is 6.57. The Bertz CT molecular complexity index is 812. The van der Waals surface area contributed by atoms with Crippen LogP contribution in [0, 0.1) is 0 Å². The third kappa shape index (κ3) is 4.65. The predicted molar refractivity (Wildman–Crippen MR) is 105 cm³/mol. The molecule has 28 heavy (non-hydrogen) atoms. The number of carbonyl (C=O) groups excluding carboxylic acids is 2. The van der Waals surface area contributed by atoms with Crippen LogP contribution in [-0.4, -0.2) is 57.8 Å². The first-order valence-electron chi connectivity index (χ1n) is 9.53. The van der Waals surface area contributed by atoms with Gasteiger partial charge in [-0.15, -0.1) is 0 Å². The topological polar surface area (TPSA) is 75.6 Å². The van der Waals surface area contributed by atoms with E-state index in [0.717, 1.165) is 24.8 Å². The first kappa shape index (κ1) is 19.8. The second kappa shape index (κ2) is 9.30. The number of carbonyl (C=O) groups is 2. The first-order chi connectivity index (χ1) is 13.6. The summed E-state index contributed by atoms with van der Waals surface area (Å²) in [7, 11) is 1.57. The Labute approximate surface area is 165 Å². The molecule has 0 radical (unpaired) electrons. The van der Waals surface area contributed by atoms with Gasteiger partial charge >= 0.3 is 0 Å². The van der Waals surface area contributed by atoms with Crippen molar-refractivity contribution in [3.05, 3.63) is 54.1 Å². The maximum absolute atomic E-state index is 13.0. The third-order valence-electron chi connectivity index (χ3n) is 5.13. The average molecular weight is 382 g/mol. The number of aromatic nitrogens is 2. The standard InChI is InChI=1S/C21H26N4O3/c1-16(26)25(14-17-12-22-15-23-13-17)18-6-5-10-24(11-9-18)21(27)19-7-3-4-8-20(19)28-2/h3-4,7-8,12-13,15,18H,5-6,9-11,14H2,1-2H3/t18-/m1/s1. The van der Waals surface area contributed by atoms with Gasteiger partial charge in [-0.3, -0.25) is 9.59 Å². The molecule has 1 aromatic heterocycles. The zero-order valence-corrected chi connectivity index (χ0v) is 16.4. The van der Waals surface area contributed by atoms with E-state index in [1.807, 2.05) is 21.9 Å². The molecule has 0 spiro atoms. The minimum Gasteiger partial charge on any atom is -0.496 e. The highest BCUT2D eigenvalue weighted by molar-refractivity contribution is 5.97. The summed E-state index contributed by atoms with van der Waals surface area (Å²) in [5, 5.41) is 0. The van der Waals surface area contributed by atoms with E-state index in [2.05, 4.69) is 9.97 Å². The van der Waals surface area contributed by atoms with Gasteiger partial charge in [0.25, 0.3) is 5.91 Å². The smallest absolute Gasteiger partial charge is 0.257 e. The Morgan fingerprint density at radius 3 is 2.64 bits per heavy atom. The van der Waals surface area contributed by atoms with E-state index in [9.17, 15) is 9.59 Å². The molecule has 2 aromatic rings.